The molecular formula is C7H9N2O2+. The molecule has 0 aliphatic rings. The molecule has 0 spiro atoms. The minimum Gasteiger partial charge on any atom is -0.466 e. The van der Waals surface area contributed by atoms with Gasteiger partial charge in [-0.05, 0) is 0 Å². The number of hydrogen-bond acceptors (Lipinski definition) is 3. The van der Waals surface area contributed by atoms with E-state index in [1.54, 1.807) is 29.4 Å². The van der Waals surface area contributed by atoms with E-state index in [1.807, 2.05) is 0 Å². The summed E-state index contributed by atoms with van der Waals surface area (Å²) in [5.74, 6) is -0.275. The Labute approximate surface area is 64.5 Å². The van der Waals surface area contributed by atoms with Crippen LogP contribution >= 0.6 is 0 Å². The van der Waals surface area contributed by atoms with E-state index >= 15 is 0 Å². The van der Waals surface area contributed by atoms with Crippen molar-refractivity contribution in [1.29, 1.82) is 0 Å². The molecule has 1 aromatic rings. The molecule has 4 heteroatoms. The zero-order valence-corrected chi connectivity index (χ0v) is 6.23. The highest BCUT2D eigenvalue weighted by Crippen LogP contribution is 1.74. The van der Waals surface area contributed by atoms with E-state index in [0.29, 0.717) is 0 Å². The Bertz CT molecular complexity index is 235. The molecule has 11 heavy (non-hydrogen) atoms. The molecule has 0 radical (unpaired) electrons. The van der Waals surface area contributed by atoms with Crippen LogP contribution in [0.15, 0.2) is 24.8 Å². The Balaban J connectivity index is 2.58. The predicted molar refractivity (Wildman–Crippen MR) is 36.4 cm³/mol. The zero-order valence-electron chi connectivity index (χ0n) is 6.23. The molecule has 0 N–H and O–H groups in total. The van der Waals surface area contributed by atoms with Crippen molar-refractivity contribution in [3.63, 3.8) is 0 Å². The number of hydrogen-bond donors (Lipinski definition) is 0. The number of nitrogens with zero attached hydrogens (tertiary/aromatic N) is 2. The number of carbonyl (C=O) groups excluding carboxylic acids is 1. The standard InChI is InChI=1S/C7H9N2O2/c1-11-7(10)5-9-4-2-3-8-6-9/h2-4,6H,5H2,1H3/q+1. The molecule has 0 saturated carbocycles. The van der Waals surface area contributed by atoms with Crippen molar-refractivity contribution in [3.05, 3.63) is 24.8 Å². The first-order valence-electron chi connectivity index (χ1n) is 3.19. The zero-order chi connectivity index (χ0) is 8.10. The average Bonchev–Trinajstić information content (AvgIpc) is 2.06. The smallest absolute Gasteiger partial charge is 0.348 e. The minimum absolute atomic E-state index is 0.213. The minimum atomic E-state index is -0.275. The van der Waals surface area contributed by atoms with Crippen molar-refractivity contribution >= 4 is 5.97 Å². The molecule has 58 valence electrons. The van der Waals surface area contributed by atoms with Gasteiger partial charge in [0, 0.05) is 6.07 Å². The average molecular weight is 153 g/mol. The second kappa shape index (κ2) is 3.65. The number of aromatic nitrogens is 2. The Morgan fingerprint density at radius 1 is 1.73 bits per heavy atom. The number of rotatable bonds is 2. The van der Waals surface area contributed by atoms with Crippen LogP contribution in [0.1, 0.15) is 0 Å². The summed E-state index contributed by atoms with van der Waals surface area (Å²) >= 11 is 0. The van der Waals surface area contributed by atoms with Crippen LogP contribution < -0.4 is 4.57 Å². The summed E-state index contributed by atoms with van der Waals surface area (Å²) in [6.07, 6.45) is 4.97. The summed E-state index contributed by atoms with van der Waals surface area (Å²) in [4.78, 5) is 14.5. The summed E-state index contributed by atoms with van der Waals surface area (Å²) in [5.41, 5.74) is 0. The van der Waals surface area contributed by atoms with Crippen LogP contribution in [0.4, 0.5) is 0 Å². The van der Waals surface area contributed by atoms with Crippen molar-refractivity contribution in [2.45, 2.75) is 6.54 Å². The van der Waals surface area contributed by atoms with E-state index in [9.17, 15) is 4.79 Å². The van der Waals surface area contributed by atoms with Crippen molar-refractivity contribution < 1.29 is 14.1 Å². The molecule has 4 nitrogen and oxygen atoms in total. The van der Waals surface area contributed by atoms with Crippen LogP contribution in [-0.4, -0.2) is 18.1 Å². The first-order valence-corrected chi connectivity index (χ1v) is 3.19. The van der Waals surface area contributed by atoms with E-state index in [0.717, 1.165) is 0 Å². The van der Waals surface area contributed by atoms with Crippen molar-refractivity contribution in [2.75, 3.05) is 7.11 Å². The van der Waals surface area contributed by atoms with Crippen LogP contribution in [0.5, 0.6) is 0 Å². The Morgan fingerprint density at radius 3 is 3.09 bits per heavy atom. The summed E-state index contributed by atoms with van der Waals surface area (Å²) in [6, 6.07) is 1.75. The third-order valence-corrected chi connectivity index (χ3v) is 1.20. The summed E-state index contributed by atoms with van der Waals surface area (Å²) in [7, 11) is 1.36. The van der Waals surface area contributed by atoms with Gasteiger partial charge in [-0.1, -0.05) is 4.98 Å². The third-order valence-electron chi connectivity index (χ3n) is 1.20. The lowest BCUT2D eigenvalue weighted by molar-refractivity contribution is -0.688. The number of esters is 1. The van der Waals surface area contributed by atoms with E-state index < -0.39 is 0 Å². The maximum Gasteiger partial charge on any atom is 0.348 e. The molecule has 0 bridgehead atoms. The maximum atomic E-state index is 10.7. The van der Waals surface area contributed by atoms with E-state index in [2.05, 4.69) is 9.72 Å². The summed E-state index contributed by atoms with van der Waals surface area (Å²) in [6.45, 7) is 0.213. The van der Waals surface area contributed by atoms with E-state index in [4.69, 9.17) is 0 Å². The topological polar surface area (TPSA) is 43.1 Å². The first-order chi connectivity index (χ1) is 5.33. The number of ether oxygens (including phenoxy) is 1. The molecule has 1 aromatic heterocycles. The van der Waals surface area contributed by atoms with Gasteiger partial charge in [0.25, 0.3) is 6.33 Å². The van der Waals surface area contributed by atoms with Gasteiger partial charge < -0.3 is 4.74 Å². The van der Waals surface area contributed by atoms with Crippen molar-refractivity contribution in [2.24, 2.45) is 0 Å². The van der Waals surface area contributed by atoms with Crippen LogP contribution in [0.2, 0.25) is 0 Å². The molecule has 0 amide bonds. The first kappa shape index (κ1) is 7.65. The van der Waals surface area contributed by atoms with Gasteiger partial charge in [-0.25, -0.2) is 9.36 Å². The molecule has 1 rings (SSSR count). The lowest BCUT2D eigenvalue weighted by Gasteiger charge is -1.94. The largest absolute Gasteiger partial charge is 0.466 e. The summed E-state index contributed by atoms with van der Waals surface area (Å²) < 4.78 is 6.11. The van der Waals surface area contributed by atoms with Crippen LogP contribution in [0, 0.1) is 0 Å². The number of carbonyl (C=O) groups is 1. The van der Waals surface area contributed by atoms with Gasteiger partial charge in [-0.15, -0.1) is 0 Å². The molecular weight excluding hydrogens is 144 g/mol. The lowest BCUT2D eigenvalue weighted by atomic mass is 10.6. The molecule has 0 atom stereocenters. The SMILES string of the molecule is COC(=O)C[n+]1cccnc1. The Morgan fingerprint density at radius 2 is 2.55 bits per heavy atom. The second-order valence-electron chi connectivity index (χ2n) is 2.00. The van der Waals surface area contributed by atoms with Gasteiger partial charge in [0.1, 0.15) is 6.20 Å². The van der Waals surface area contributed by atoms with E-state index in [1.165, 1.54) is 7.11 Å². The van der Waals surface area contributed by atoms with Gasteiger partial charge in [0.05, 0.1) is 13.3 Å². The fraction of sp³-hybridized carbons (Fsp3) is 0.286. The fourth-order valence-electron chi connectivity index (χ4n) is 0.668. The summed E-state index contributed by atoms with van der Waals surface area (Å²) in [5, 5.41) is 0. The van der Waals surface area contributed by atoms with Crippen LogP contribution in [0.3, 0.4) is 0 Å². The normalized spacial score (nSPS) is 9.18. The van der Waals surface area contributed by atoms with Crippen molar-refractivity contribution in [3.8, 4) is 0 Å². The van der Waals surface area contributed by atoms with Crippen LogP contribution in [0.25, 0.3) is 0 Å². The monoisotopic (exact) mass is 153 g/mol. The molecule has 0 fully saturated rings. The van der Waals surface area contributed by atoms with Crippen molar-refractivity contribution in [1.82, 2.24) is 4.98 Å². The molecule has 0 aliphatic carbocycles. The Hall–Kier alpha value is -1.45. The van der Waals surface area contributed by atoms with Gasteiger partial charge >= 0.3 is 5.97 Å². The van der Waals surface area contributed by atoms with Gasteiger partial charge in [0.15, 0.2) is 6.54 Å². The fourth-order valence-corrected chi connectivity index (χ4v) is 0.668. The highest BCUT2D eigenvalue weighted by Gasteiger charge is 2.03. The van der Waals surface area contributed by atoms with Gasteiger partial charge in [-0.2, -0.15) is 0 Å². The quantitative estimate of drug-likeness (QED) is 0.426. The number of methoxy groups -OCH3 is 1. The van der Waals surface area contributed by atoms with Crippen LogP contribution in [-0.2, 0) is 16.1 Å². The van der Waals surface area contributed by atoms with Gasteiger partial charge in [-0.3, -0.25) is 0 Å². The molecule has 0 aliphatic heterocycles. The molecule has 1 heterocycles. The highest BCUT2D eigenvalue weighted by atomic mass is 16.5. The van der Waals surface area contributed by atoms with E-state index in [-0.39, 0.29) is 12.5 Å². The molecule has 0 saturated heterocycles. The maximum absolute atomic E-state index is 10.7. The molecule has 0 aromatic carbocycles. The second-order valence-corrected chi connectivity index (χ2v) is 2.00. The Kier molecular flexibility index (Phi) is 2.54. The predicted octanol–water partition coefficient (Wildman–Crippen LogP) is -0.458. The lowest BCUT2D eigenvalue weighted by Crippen LogP contribution is -2.37. The highest BCUT2D eigenvalue weighted by molar-refractivity contribution is 5.67. The third kappa shape index (κ3) is 2.33. The van der Waals surface area contributed by atoms with Gasteiger partial charge in [0.2, 0.25) is 0 Å². The molecule has 0 unspecified atom stereocenters.